The van der Waals surface area contributed by atoms with Gasteiger partial charge in [-0.2, -0.15) is 0 Å². The fourth-order valence-corrected chi connectivity index (χ4v) is 7.58. The van der Waals surface area contributed by atoms with E-state index >= 15 is 0 Å². The third kappa shape index (κ3) is 7.21. The maximum absolute atomic E-state index is 13.5. The minimum absolute atomic E-state index is 0.0449. The number of rotatable bonds is 12. The number of imide groups is 1. The Hall–Kier alpha value is -5.22. The molecular formula is C34H32BrN5O9S. The van der Waals surface area contributed by atoms with Gasteiger partial charge >= 0.3 is 0 Å². The van der Waals surface area contributed by atoms with Crippen LogP contribution in [0.2, 0.25) is 0 Å². The predicted octanol–water partition coefficient (Wildman–Crippen LogP) is 4.13. The second-order valence-corrected chi connectivity index (χ2v) is 14.2. The number of amides is 3. The average Bonchev–Trinajstić information content (AvgIpc) is 3.45. The molecule has 3 heterocycles. The number of hydrogen-bond acceptors (Lipinski definition) is 10. The van der Waals surface area contributed by atoms with Gasteiger partial charge in [-0.25, -0.2) is 8.42 Å². The van der Waals surface area contributed by atoms with Crippen molar-refractivity contribution in [3.05, 3.63) is 86.9 Å². The molecule has 1 saturated heterocycles. The van der Waals surface area contributed by atoms with E-state index in [1.807, 2.05) is 12.1 Å². The zero-order chi connectivity index (χ0) is 35.6. The molecule has 0 spiro atoms. The molecule has 0 saturated carbocycles. The van der Waals surface area contributed by atoms with Crippen LogP contribution in [0, 0.1) is 6.92 Å². The lowest BCUT2D eigenvalue weighted by molar-refractivity contribution is -0.135. The van der Waals surface area contributed by atoms with E-state index in [9.17, 15) is 27.6 Å². The van der Waals surface area contributed by atoms with E-state index in [2.05, 4.69) is 36.4 Å². The number of carbonyl (C=O) groups excluding carboxylic acids is 3. The van der Waals surface area contributed by atoms with Gasteiger partial charge in [0.2, 0.25) is 11.8 Å². The molecule has 260 valence electrons. The zero-order valence-corrected chi connectivity index (χ0v) is 29.4. The molecule has 1 aliphatic heterocycles. The highest BCUT2D eigenvalue weighted by Gasteiger charge is 2.29. The SMILES string of the molecule is COc1ccc(Br)cc1S(=O)(=O)Nc1cc2c(C)noc2cc1OCC(=O)NCCCc1cn(C2CCC(=O)NC2=O)c(=O)c2ccccc12. The second kappa shape index (κ2) is 14.3. The predicted molar refractivity (Wildman–Crippen MR) is 187 cm³/mol. The largest absolute Gasteiger partial charge is 0.495 e. The van der Waals surface area contributed by atoms with E-state index < -0.39 is 34.5 Å². The fourth-order valence-electron chi connectivity index (χ4n) is 5.81. The number of piperidine rings is 1. The summed E-state index contributed by atoms with van der Waals surface area (Å²) >= 11 is 3.30. The number of aromatic nitrogens is 2. The molecule has 0 aliphatic carbocycles. The third-order valence-electron chi connectivity index (χ3n) is 8.29. The van der Waals surface area contributed by atoms with Crippen molar-refractivity contribution in [3.63, 3.8) is 0 Å². The highest BCUT2D eigenvalue weighted by Crippen LogP contribution is 2.35. The number of aryl methyl sites for hydroxylation is 2. The summed E-state index contributed by atoms with van der Waals surface area (Å²) in [5.41, 5.74) is 1.43. The highest BCUT2D eigenvalue weighted by atomic mass is 79.9. The topological polar surface area (TPSA) is 188 Å². The van der Waals surface area contributed by atoms with Crippen molar-refractivity contribution in [3.8, 4) is 11.5 Å². The van der Waals surface area contributed by atoms with Crippen LogP contribution in [0.3, 0.4) is 0 Å². The molecule has 1 aliphatic rings. The Morgan fingerprint density at radius 2 is 1.86 bits per heavy atom. The molecule has 2 aromatic heterocycles. The number of carbonyl (C=O) groups is 3. The summed E-state index contributed by atoms with van der Waals surface area (Å²) in [4.78, 5) is 50.3. The van der Waals surface area contributed by atoms with Gasteiger partial charge in [-0.15, -0.1) is 0 Å². The Balaban J connectivity index is 1.14. The van der Waals surface area contributed by atoms with Crippen molar-refractivity contribution >= 4 is 71.1 Å². The number of sulfonamides is 1. The summed E-state index contributed by atoms with van der Waals surface area (Å²) < 4.78 is 47.8. The van der Waals surface area contributed by atoms with Gasteiger partial charge in [-0.05, 0) is 67.5 Å². The van der Waals surface area contributed by atoms with Crippen LogP contribution in [0.15, 0.2) is 79.5 Å². The first-order valence-electron chi connectivity index (χ1n) is 15.6. The smallest absolute Gasteiger partial charge is 0.265 e. The van der Waals surface area contributed by atoms with Crippen LogP contribution in [0.5, 0.6) is 11.5 Å². The number of fused-ring (bicyclic) bond motifs is 2. The number of nitrogens with zero attached hydrogens (tertiary/aromatic N) is 2. The van der Waals surface area contributed by atoms with Crippen LogP contribution in [0.4, 0.5) is 5.69 Å². The van der Waals surface area contributed by atoms with Crippen molar-refractivity contribution in [1.29, 1.82) is 0 Å². The van der Waals surface area contributed by atoms with Crippen LogP contribution >= 0.6 is 15.9 Å². The van der Waals surface area contributed by atoms with Crippen LogP contribution in [-0.2, 0) is 30.8 Å². The van der Waals surface area contributed by atoms with Gasteiger partial charge in [0.1, 0.15) is 22.4 Å². The van der Waals surface area contributed by atoms with Crippen LogP contribution in [0.1, 0.15) is 36.6 Å². The van der Waals surface area contributed by atoms with Crippen LogP contribution in [0.25, 0.3) is 21.7 Å². The Bertz CT molecular complexity index is 2320. The average molecular weight is 767 g/mol. The Morgan fingerprint density at radius 1 is 1.08 bits per heavy atom. The lowest BCUT2D eigenvalue weighted by Gasteiger charge is -2.24. The first-order chi connectivity index (χ1) is 23.9. The maximum atomic E-state index is 13.5. The maximum Gasteiger partial charge on any atom is 0.265 e. The molecule has 0 radical (unpaired) electrons. The molecule has 14 nitrogen and oxygen atoms in total. The molecule has 6 rings (SSSR count). The standard InChI is InChI=1S/C34H32BrN5O9S/c1-19-24-15-25(39-50(45,46)30-14-21(35)9-11-27(30)47-2)29(16-28(24)49-38-19)48-18-32(42)36-13-5-6-20-17-40(26-10-12-31(41)37-33(26)43)34(44)23-8-4-3-7-22(20)23/h3-4,7-9,11,14-17,26,39H,5-6,10,12-13,18H2,1-2H3,(H,36,42)(H,37,41,43). The molecule has 1 fully saturated rings. The van der Waals surface area contributed by atoms with Gasteiger partial charge in [0.15, 0.2) is 12.2 Å². The van der Waals surface area contributed by atoms with E-state index in [1.54, 1.807) is 31.3 Å². The summed E-state index contributed by atoms with van der Waals surface area (Å²) in [6.45, 7) is 1.54. The van der Waals surface area contributed by atoms with Gasteiger partial charge < -0.3 is 23.9 Å². The summed E-state index contributed by atoms with van der Waals surface area (Å²) in [6, 6.07) is 13.9. The number of pyridine rings is 1. The van der Waals surface area contributed by atoms with E-state index in [1.165, 1.54) is 35.9 Å². The molecular weight excluding hydrogens is 734 g/mol. The van der Waals surface area contributed by atoms with E-state index in [0.29, 0.717) is 39.4 Å². The van der Waals surface area contributed by atoms with Crippen molar-refractivity contribution < 1.29 is 36.8 Å². The summed E-state index contributed by atoms with van der Waals surface area (Å²) in [5, 5.41) is 10.8. The summed E-state index contributed by atoms with van der Waals surface area (Å²) in [5.74, 6) is -1.17. The molecule has 3 N–H and O–H groups in total. The van der Waals surface area contributed by atoms with Crippen molar-refractivity contribution in [2.45, 2.75) is 43.5 Å². The molecule has 1 unspecified atom stereocenters. The number of methoxy groups -OCH3 is 1. The Kier molecular flexibility index (Phi) is 9.93. The van der Waals surface area contributed by atoms with Gasteiger partial charge in [-0.1, -0.05) is 39.3 Å². The Morgan fingerprint density at radius 3 is 2.62 bits per heavy atom. The van der Waals surface area contributed by atoms with Crippen molar-refractivity contribution in [2.75, 3.05) is 25.0 Å². The van der Waals surface area contributed by atoms with E-state index in [-0.39, 0.29) is 52.9 Å². The summed E-state index contributed by atoms with van der Waals surface area (Å²) in [7, 11) is -2.81. The molecule has 3 aromatic carbocycles. The first-order valence-corrected chi connectivity index (χ1v) is 17.8. The Labute approximate surface area is 294 Å². The number of nitrogens with one attached hydrogen (secondary N) is 3. The van der Waals surface area contributed by atoms with Crippen molar-refractivity contribution in [2.24, 2.45) is 0 Å². The van der Waals surface area contributed by atoms with Crippen molar-refractivity contribution in [1.82, 2.24) is 20.4 Å². The molecule has 50 heavy (non-hydrogen) atoms. The van der Waals surface area contributed by atoms with Gasteiger partial charge in [0.05, 0.1) is 18.5 Å². The number of benzene rings is 3. The van der Waals surface area contributed by atoms with Gasteiger partial charge in [0, 0.05) is 40.5 Å². The number of hydrogen-bond donors (Lipinski definition) is 3. The molecule has 0 bridgehead atoms. The van der Waals surface area contributed by atoms with Gasteiger partial charge in [0.25, 0.3) is 21.5 Å². The van der Waals surface area contributed by atoms with E-state index in [4.69, 9.17) is 14.0 Å². The normalized spacial score (nSPS) is 14.8. The lowest BCUT2D eigenvalue weighted by atomic mass is 10.0. The number of halogens is 1. The zero-order valence-electron chi connectivity index (χ0n) is 26.9. The second-order valence-electron chi connectivity index (χ2n) is 11.6. The third-order valence-corrected chi connectivity index (χ3v) is 10.2. The molecule has 3 amide bonds. The fraction of sp³-hybridized carbons (Fsp3) is 0.265. The molecule has 16 heteroatoms. The minimum Gasteiger partial charge on any atom is -0.495 e. The van der Waals surface area contributed by atoms with Crippen LogP contribution in [-0.4, -0.2) is 56.1 Å². The lowest BCUT2D eigenvalue weighted by Crippen LogP contribution is -2.44. The number of ether oxygens (including phenoxy) is 2. The highest BCUT2D eigenvalue weighted by molar-refractivity contribution is 9.10. The van der Waals surface area contributed by atoms with E-state index in [0.717, 1.165) is 10.9 Å². The minimum atomic E-state index is -4.18. The quantitative estimate of drug-likeness (QED) is 0.123. The molecule has 1 atom stereocenters. The summed E-state index contributed by atoms with van der Waals surface area (Å²) in [6.07, 6.45) is 2.98. The van der Waals surface area contributed by atoms with Crippen LogP contribution < -0.4 is 30.4 Å². The molecule has 5 aromatic rings. The first kappa shape index (κ1) is 34.6. The monoisotopic (exact) mass is 765 g/mol. The van der Waals surface area contributed by atoms with Gasteiger partial charge in [-0.3, -0.25) is 29.2 Å². The number of anilines is 1.